The molecule has 0 bridgehead atoms. The summed E-state index contributed by atoms with van der Waals surface area (Å²) in [5, 5.41) is 8.92. The third kappa shape index (κ3) is 5.28. The molecule has 3 N–H and O–H groups in total. The van der Waals surface area contributed by atoms with E-state index < -0.39 is 11.7 Å². The number of benzene rings is 1. The lowest BCUT2D eigenvalue weighted by Crippen LogP contribution is -2.48. The van der Waals surface area contributed by atoms with E-state index in [1.807, 2.05) is 0 Å². The van der Waals surface area contributed by atoms with Gasteiger partial charge in [-0.05, 0) is 59.6 Å². The number of hydrogen-bond donors (Lipinski definition) is 3. The Hall–Kier alpha value is -1.47. The predicted octanol–water partition coefficient (Wildman–Crippen LogP) is 1.82. The molecule has 5 nitrogen and oxygen atoms in total. The third-order valence-corrected chi connectivity index (χ3v) is 4.63. The van der Waals surface area contributed by atoms with Gasteiger partial charge in [-0.2, -0.15) is 0 Å². The zero-order chi connectivity index (χ0) is 16.8. The molecule has 0 aromatic heterocycles. The quantitative estimate of drug-likeness (QED) is 0.723. The number of carbonyl (C=O) groups is 2. The maximum absolute atomic E-state index is 13.2. The van der Waals surface area contributed by atoms with Gasteiger partial charge in [-0.3, -0.25) is 9.59 Å². The van der Waals surface area contributed by atoms with Gasteiger partial charge in [0.25, 0.3) is 5.91 Å². The number of nitrogens with one attached hydrogen (secondary N) is 3. The monoisotopic (exact) mass is 385 g/mol. The van der Waals surface area contributed by atoms with Crippen LogP contribution in [0.1, 0.15) is 30.1 Å². The first kappa shape index (κ1) is 17.9. The van der Waals surface area contributed by atoms with Crippen molar-refractivity contribution in [1.29, 1.82) is 0 Å². The second kappa shape index (κ2) is 8.40. The van der Waals surface area contributed by atoms with Crippen molar-refractivity contribution in [2.24, 2.45) is 5.92 Å². The summed E-state index contributed by atoms with van der Waals surface area (Å²) in [7, 11) is 0. The number of halogens is 2. The fourth-order valence-electron chi connectivity index (χ4n) is 2.56. The van der Waals surface area contributed by atoms with Gasteiger partial charge in [0.15, 0.2) is 0 Å². The lowest BCUT2D eigenvalue weighted by molar-refractivity contribution is -0.122. The second-order valence-corrected chi connectivity index (χ2v) is 6.63. The average Bonchev–Trinajstić information content (AvgIpc) is 2.52. The molecule has 1 aliphatic rings. The molecule has 1 aromatic carbocycles. The van der Waals surface area contributed by atoms with Crippen LogP contribution in [0.5, 0.6) is 0 Å². The minimum absolute atomic E-state index is 0.0812. The van der Waals surface area contributed by atoms with Crippen LogP contribution >= 0.6 is 15.9 Å². The molecule has 2 amide bonds. The molecule has 1 aliphatic heterocycles. The third-order valence-electron chi connectivity index (χ3n) is 3.94. The Balaban J connectivity index is 1.76. The Bertz CT molecular complexity index is 582. The molecular weight excluding hydrogens is 365 g/mol. The zero-order valence-electron chi connectivity index (χ0n) is 13.0. The topological polar surface area (TPSA) is 70.2 Å². The molecule has 1 saturated heterocycles. The van der Waals surface area contributed by atoms with Crippen LogP contribution in [0.3, 0.4) is 0 Å². The molecule has 2 atom stereocenters. The lowest BCUT2D eigenvalue weighted by Gasteiger charge is -2.30. The Morgan fingerprint density at radius 3 is 2.96 bits per heavy atom. The molecule has 1 heterocycles. The van der Waals surface area contributed by atoms with Crippen LogP contribution in [0, 0.1) is 11.7 Å². The van der Waals surface area contributed by atoms with Crippen LogP contribution in [-0.4, -0.2) is 37.5 Å². The van der Waals surface area contributed by atoms with E-state index in [-0.39, 0.29) is 30.5 Å². The maximum atomic E-state index is 13.2. The number of amides is 2. The predicted molar refractivity (Wildman–Crippen MR) is 89.6 cm³/mol. The highest BCUT2D eigenvalue weighted by atomic mass is 79.9. The van der Waals surface area contributed by atoms with Crippen LogP contribution < -0.4 is 16.0 Å². The standard InChI is InChI=1S/C16H21BrFN3O2/c1-10-9-19-6-4-14(10)21-15(22)5-7-20-16(23)12-8-11(18)2-3-13(12)17/h2-3,8,10,14,19H,4-7,9H2,1H3,(H,20,23)(H,21,22). The summed E-state index contributed by atoms with van der Waals surface area (Å²) in [6.45, 7) is 4.11. The van der Waals surface area contributed by atoms with Gasteiger partial charge in [0.05, 0.1) is 5.56 Å². The van der Waals surface area contributed by atoms with Crippen LogP contribution in [0.2, 0.25) is 0 Å². The molecule has 2 unspecified atom stereocenters. The highest BCUT2D eigenvalue weighted by molar-refractivity contribution is 9.10. The van der Waals surface area contributed by atoms with E-state index in [1.165, 1.54) is 12.1 Å². The van der Waals surface area contributed by atoms with Gasteiger partial charge in [0, 0.05) is 23.5 Å². The summed E-state index contributed by atoms with van der Waals surface area (Å²) in [4.78, 5) is 23.9. The molecule has 0 saturated carbocycles. The molecule has 1 fully saturated rings. The van der Waals surface area contributed by atoms with E-state index in [2.05, 4.69) is 38.8 Å². The van der Waals surface area contributed by atoms with Crippen molar-refractivity contribution in [3.05, 3.63) is 34.1 Å². The number of carbonyl (C=O) groups excluding carboxylic acids is 2. The van der Waals surface area contributed by atoms with Gasteiger partial charge >= 0.3 is 0 Å². The molecule has 2 rings (SSSR count). The largest absolute Gasteiger partial charge is 0.353 e. The summed E-state index contributed by atoms with van der Waals surface area (Å²) in [5.74, 6) is -0.566. The maximum Gasteiger partial charge on any atom is 0.252 e. The van der Waals surface area contributed by atoms with Crippen LogP contribution in [-0.2, 0) is 4.79 Å². The fraction of sp³-hybridized carbons (Fsp3) is 0.500. The highest BCUT2D eigenvalue weighted by Gasteiger charge is 2.22. The Morgan fingerprint density at radius 1 is 1.43 bits per heavy atom. The van der Waals surface area contributed by atoms with Crippen LogP contribution in [0.25, 0.3) is 0 Å². The minimum atomic E-state index is -0.476. The van der Waals surface area contributed by atoms with Crippen LogP contribution in [0.15, 0.2) is 22.7 Å². The van der Waals surface area contributed by atoms with E-state index in [4.69, 9.17) is 0 Å². The molecule has 0 spiro atoms. The molecule has 0 aliphatic carbocycles. The van der Waals surface area contributed by atoms with Crippen LogP contribution in [0.4, 0.5) is 4.39 Å². The van der Waals surface area contributed by atoms with E-state index >= 15 is 0 Å². The fourth-order valence-corrected chi connectivity index (χ4v) is 2.99. The number of piperidine rings is 1. The highest BCUT2D eigenvalue weighted by Crippen LogP contribution is 2.17. The summed E-state index contributed by atoms with van der Waals surface area (Å²) in [6, 6.07) is 4.09. The normalized spacial score (nSPS) is 20.8. The molecule has 1 aromatic rings. The zero-order valence-corrected chi connectivity index (χ0v) is 14.6. The molecular formula is C16H21BrFN3O2. The Kier molecular flexibility index (Phi) is 6.53. The Morgan fingerprint density at radius 2 is 2.22 bits per heavy atom. The van der Waals surface area contributed by atoms with Crippen molar-refractivity contribution >= 4 is 27.7 Å². The van der Waals surface area contributed by atoms with Crippen molar-refractivity contribution < 1.29 is 14.0 Å². The number of hydrogen-bond acceptors (Lipinski definition) is 3. The summed E-state index contributed by atoms with van der Waals surface area (Å²) < 4.78 is 13.7. The van der Waals surface area contributed by atoms with E-state index in [9.17, 15) is 14.0 Å². The summed E-state index contributed by atoms with van der Waals surface area (Å²) >= 11 is 3.21. The Labute approximate surface area is 143 Å². The first-order valence-corrected chi connectivity index (χ1v) is 8.50. The summed E-state index contributed by atoms with van der Waals surface area (Å²) in [6.07, 6.45) is 1.12. The molecule has 23 heavy (non-hydrogen) atoms. The van der Waals surface area contributed by atoms with Gasteiger partial charge in [-0.15, -0.1) is 0 Å². The van der Waals surface area contributed by atoms with Crippen molar-refractivity contribution in [2.75, 3.05) is 19.6 Å². The van der Waals surface area contributed by atoms with Crippen molar-refractivity contribution in [3.8, 4) is 0 Å². The second-order valence-electron chi connectivity index (χ2n) is 5.77. The molecule has 0 radical (unpaired) electrons. The van der Waals surface area contributed by atoms with Crippen molar-refractivity contribution in [2.45, 2.75) is 25.8 Å². The minimum Gasteiger partial charge on any atom is -0.353 e. The number of rotatable bonds is 5. The smallest absolute Gasteiger partial charge is 0.252 e. The average molecular weight is 386 g/mol. The first-order valence-electron chi connectivity index (χ1n) is 7.70. The van der Waals surface area contributed by atoms with Gasteiger partial charge in [0.2, 0.25) is 5.91 Å². The van der Waals surface area contributed by atoms with E-state index in [0.717, 1.165) is 25.6 Å². The van der Waals surface area contributed by atoms with E-state index in [0.29, 0.717) is 10.4 Å². The van der Waals surface area contributed by atoms with E-state index in [1.54, 1.807) is 0 Å². The van der Waals surface area contributed by atoms with Gasteiger partial charge in [-0.1, -0.05) is 6.92 Å². The van der Waals surface area contributed by atoms with Gasteiger partial charge in [-0.25, -0.2) is 4.39 Å². The summed E-state index contributed by atoms with van der Waals surface area (Å²) in [5.41, 5.74) is 0.220. The lowest BCUT2D eigenvalue weighted by atomic mass is 9.95. The van der Waals surface area contributed by atoms with Crippen molar-refractivity contribution in [3.63, 3.8) is 0 Å². The van der Waals surface area contributed by atoms with Gasteiger partial charge < -0.3 is 16.0 Å². The first-order chi connectivity index (χ1) is 11.0. The van der Waals surface area contributed by atoms with Gasteiger partial charge in [0.1, 0.15) is 5.82 Å². The SMILES string of the molecule is CC1CNCCC1NC(=O)CCNC(=O)c1cc(F)ccc1Br. The molecule has 126 valence electrons. The van der Waals surface area contributed by atoms with Crippen molar-refractivity contribution in [1.82, 2.24) is 16.0 Å². The molecule has 7 heteroatoms.